The van der Waals surface area contributed by atoms with Gasteiger partial charge < -0.3 is 16.2 Å². The molecule has 2 rings (SSSR count). The van der Waals surface area contributed by atoms with E-state index in [4.69, 9.17) is 10.8 Å². The molecule has 2 aromatic rings. The number of aromatic nitrogens is 2. The number of nitrogens with one attached hydrogen (secondary N) is 1. The van der Waals surface area contributed by atoms with Crippen LogP contribution in [0, 0.1) is 6.92 Å². The minimum Gasteiger partial charge on any atom is -0.477 e. The van der Waals surface area contributed by atoms with Crippen LogP contribution < -0.4 is 11.1 Å². The minimum absolute atomic E-state index is 0.0350. The lowest BCUT2D eigenvalue weighted by Gasteiger charge is -2.07. The monoisotopic (exact) mass is 264 g/mol. The summed E-state index contributed by atoms with van der Waals surface area (Å²) in [4.78, 5) is 19.9. The Bertz CT molecular complexity index is 582. The van der Waals surface area contributed by atoms with E-state index in [-0.39, 0.29) is 5.69 Å². The molecule has 94 valence electrons. The minimum atomic E-state index is -1.08. The van der Waals surface area contributed by atoms with Crippen molar-refractivity contribution in [2.45, 2.75) is 13.5 Å². The van der Waals surface area contributed by atoms with Gasteiger partial charge in [-0.3, -0.25) is 0 Å². The molecular weight excluding hydrogens is 252 g/mol. The molecule has 0 aliphatic rings. The fourth-order valence-electron chi connectivity index (χ4n) is 1.39. The van der Waals surface area contributed by atoms with Gasteiger partial charge in [0.25, 0.3) is 0 Å². The molecule has 2 aromatic heterocycles. The molecule has 0 aliphatic heterocycles. The van der Waals surface area contributed by atoms with Crippen LogP contribution in [-0.4, -0.2) is 21.0 Å². The van der Waals surface area contributed by atoms with E-state index in [1.165, 1.54) is 12.1 Å². The first-order valence-electron chi connectivity index (χ1n) is 5.21. The van der Waals surface area contributed by atoms with Crippen molar-refractivity contribution >= 4 is 28.8 Å². The molecule has 0 atom stereocenters. The number of hydrogen-bond acceptors (Lipinski definition) is 6. The Hall–Kier alpha value is -2.15. The van der Waals surface area contributed by atoms with Gasteiger partial charge in [0.1, 0.15) is 0 Å². The fraction of sp³-hybridized carbons (Fsp3) is 0.182. The molecule has 0 saturated carbocycles. The molecule has 0 aliphatic carbocycles. The van der Waals surface area contributed by atoms with Crippen molar-refractivity contribution in [1.82, 2.24) is 9.97 Å². The highest BCUT2D eigenvalue weighted by molar-refractivity contribution is 7.11. The van der Waals surface area contributed by atoms with Gasteiger partial charge in [-0.1, -0.05) is 0 Å². The number of aryl methyl sites for hydroxylation is 1. The molecular formula is C11H12N4O2S. The third-order valence-corrected chi connectivity index (χ3v) is 3.16. The predicted octanol–water partition coefficient (Wildman–Crippen LogP) is 1.74. The highest BCUT2D eigenvalue weighted by Crippen LogP contribution is 2.18. The number of rotatable bonds is 4. The summed E-state index contributed by atoms with van der Waals surface area (Å²) in [6.07, 6.45) is 1.77. The van der Waals surface area contributed by atoms with Crippen LogP contribution >= 0.6 is 11.3 Å². The number of aromatic carboxylic acids is 1. The second kappa shape index (κ2) is 5.01. The lowest BCUT2D eigenvalue weighted by atomic mass is 10.3. The number of carboxylic acid groups (broad SMARTS) is 1. The summed E-state index contributed by atoms with van der Waals surface area (Å²) in [5.74, 6) is -0.701. The van der Waals surface area contributed by atoms with Crippen molar-refractivity contribution in [3.8, 4) is 0 Å². The van der Waals surface area contributed by atoms with Crippen LogP contribution in [0.4, 0.5) is 11.5 Å². The zero-order chi connectivity index (χ0) is 13.1. The van der Waals surface area contributed by atoms with E-state index < -0.39 is 5.97 Å². The SMILES string of the molecule is Cc1ncc(CNc2nc(C(=O)O)ccc2N)s1. The molecule has 2 heterocycles. The van der Waals surface area contributed by atoms with E-state index in [1.807, 2.05) is 6.92 Å². The second-order valence-corrected chi connectivity index (χ2v) is 4.96. The Morgan fingerprint density at radius 2 is 2.33 bits per heavy atom. The van der Waals surface area contributed by atoms with Crippen LogP contribution in [0.2, 0.25) is 0 Å². The van der Waals surface area contributed by atoms with Gasteiger partial charge in [0.15, 0.2) is 11.5 Å². The quantitative estimate of drug-likeness (QED) is 0.777. The fourth-order valence-corrected chi connectivity index (χ4v) is 2.12. The Kier molecular flexibility index (Phi) is 3.42. The van der Waals surface area contributed by atoms with Gasteiger partial charge in [0.05, 0.1) is 17.2 Å². The van der Waals surface area contributed by atoms with Crippen LogP contribution in [0.3, 0.4) is 0 Å². The lowest BCUT2D eigenvalue weighted by Crippen LogP contribution is -2.08. The Morgan fingerprint density at radius 3 is 2.94 bits per heavy atom. The molecule has 0 unspecified atom stereocenters. The molecule has 0 bridgehead atoms. The molecule has 0 saturated heterocycles. The first-order valence-corrected chi connectivity index (χ1v) is 6.03. The number of hydrogen-bond donors (Lipinski definition) is 3. The summed E-state index contributed by atoms with van der Waals surface area (Å²) in [5, 5.41) is 12.8. The number of carbonyl (C=O) groups is 1. The van der Waals surface area contributed by atoms with Crippen molar-refractivity contribution in [1.29, 1.82) is 0 Å². The molecule has 7 heteroatoms. The van der Waals surface area contributed by atoms with Crippen molar-refractivity contribution in [3.63, 3.8) is 0 Å². The molecule has 0 amide bonds. The van der Waals surface area contributed by atoms with Crippen LogP contribution in [0.5, 0.6) is 0 Å². The van der Waals surface area contributed by atoms with Gasteiger partial charge in [-0.15, -0.1) is 11.3 Å². The summed E-state index contributed by atoms with van der Waals surface area (Å²) in [5.41, 5.74) is 6.11. The zero-order valence-electron chi connectivity index (χ0n) is 9.67. The van der Waals surface area contributed by atoms with Crippen molar-refractivity contribution in [2.75, 3.05) is 11.1 Å². The summed E-state index contributed by atoms with van der Waals surface area (Å²) in [6.45, 7) is 2.44. The maximum atomic E-state index is 10.8. The first kappa shape index (κ1) is 12.3. The number of anilines is 2. The maximum Gasteiger partial charge on any atom is 0.354 e. The average Bonchev–Trinajstić information content (AvgIpc) is 2.74. The molecule has 18 heavy (non-hydrogen) atoms. The van der Waals surface area contributed by atoms with Crippen LogP contribution in [0.15, 0.2) is 18.3 Å². The molecule has 0 aromatic carbocycles. The Morgan fingerprint density at radius 1 is 1.56 bits per heavy atom. The van der Waals surface area contributed by atoms with Gasteiger partial charge in [0, 0.05) is 11.1 Å². The van der Waals surface area contributed by atoms with Gasteiger partial charge in [-0.05, 0) is 19.1 Å². The van der Waals surface area contributed by atoms with E-state index in [2.05, 4.69) is 15.3 Å². The second-order valence-electron chi connectivity index (χ2n) is 3.64. The summed E-state index contributed by atoms with van der Waals surface area (Å²) in [6, 6.07) is 2.90. The van der Waals surface area contributed by atoms with E-state index in [9.17, 15) is 4.79 Å². The molecule has 4 N–H and O–H groups in total. The highest BCUT2D eigenvalue weighted by Gasteiger charge is 2.08. The van der Waals surface area contributed by atoms with Crippen LogP contribution in [0.1, 0.15) is 20.4 Å². The number of nitrogen functional groups attached to an aromatic ring is 1. The number of pyridine rings is 1. The van der Waals surface area contributed by atoms with Crippen molar-refractivity contribution < 1.29 is 9.90 Å². The highest BCUT2D eigenvalue weighted by atomic mass is 32.1. The Labute approximate surface area is 108 Å². The van der Waals surface area contributed by atoms with Gasteiger partial charge in [-0.2, -0.15) is 0 Å². The van der Waals surface area contributed by atoms with E-state index in [1.54, 1.807) is 17.5 Å². The van der Waals surface area contributed by atoms with Crippen molar-refractivity contribution in [2.24, 2.45) is 0 Å². The topological polar surface area (TPSA) is 101 Å². The zero-order valence-corrected chi connectivity index (χ0v) is 10.5. The predicted molar refractivity (Wildman–Crippen MR) is 69.8 cm³/mol. The number of thiazole rings is 1. The van der Waals surface area contributed by atoms with Gasteiger partial charge in [0.2, 0.25) is 0 Å². The molecule has 0 radical (unpaired) electrons. The normalized spacial score (nSPS) is 10.3. The summed E-state index contributed by atoms with van der Waals surface area (Å²) < 4.78 is 0. The van der Waals surface area contributed by atoms with Gasteiger partial charge >= 0.3 is 5.97 Å². The number of carboxylic acids is 1. The first-order chi connectivity index (χ1) is 8.56. The average molecular weight is 264 g/mol. The van der Waals surface area contributed by atoms with Crippen LogP contribution in [0.25, 0.3) is 0 Å². The van der Waals surface area contributed by atoms with Gasteiger partial charge in [-0.25, -0.2) is 14.8 Å². The lowest BCUT2D eigenvalue weighted by molar-refractivity contribution is 0.0690. The smallest absolute Gasteiger partial charge is 0.354 e. The molecule has 0 fully saturated rings. The van der Waals surface area contributed by atoms with Crippen LogP contribution in [-0.2, 0) is 6.54 Å². The number of nitrogens with two attached hydrogens (primary N) is 1. The van der Waals surface area contributed by atoms with Crippen molar-refractivity contribution in [3.05, 3.63) is 33.9 Å². The number of nitrogens with zero attached hydrogens (tertiary/aromatic N) is 2. The molecule has 6 nitrogen and oxygen atoms in total. The summed E-state index contributed by atoms with van der Waals surface area (Å²) in [7, 11) is 0. The van der Waals surface area contributed by atoms with E-state index in [0.29, 0.717) is 18.1 Å². The molecule has 0 spiro atoms. The standard InChI is InChI=1S/C11H12N4O2S/c1-6-13-4-7(18-6)5-14-10-8(12)2-3-9(15-10)11(16)17/h2-4H,5,12H2,1H3,(H,14,15)(H,16,17). The van der Waals surface area contributed by atoms with E-state index >= 15 is 0 Å². The van der Waals surface area contributed by atoms with E-state index in [0.717, 1.165) is 9.88 Å². The largest absolute Gasteiger partial charge is 0.477 e. The summed E-state index contributed by atoms with van der Waals surface area (Å²) >= 11 is 1.56. The third-order valence-electron chi connectivity index (χ3n) is 2.24. The Balaban J connectivity index is 2.13. The third kappa shape index (κ3) is 2.75. The maximum absolute atomic E-state index is 10.8.